The molecule has 1 unspecified atom stereocenters. The van der Waals surface area contributed by atoms with Gasteiger partial charge in [-0.3, -0.25) is 6.08 Å². The quantitative estimate of drug-likeness (QED) is 0.279. The molecule has 6 rings (SSSR count). The molecule has 0 bridgehead atoms. The molecule has 1 atom stereocenters. The van der Waals surface area contributed by atoms with E-state index in [0.29, 0.717) is 11.3 Å². The standard InChI is InChI=1S/C17H17.C13H19.C9H10.2ClH.Zr/c1-10-5-14-9-15-6-11(2)13(4)8-17(15)16(14)7-12(10)3;1-11-6-7-12(10-11)13(2)8-4-3-5-9-13;1-3-9-6-4-8(2)5-7-9;;;/h5,7-8H,9H2,1-4H3;7,10-11H,3-5,8-9H2,1-2H3;4-7H,1-2H3;2*1H;/q2*-1;;;;+2/p-2. The molecule has 0 spiro atoms. The molecule has 0 aromatic heterocycles. The van der Waals surface area contributed by atoms with Crippen LogP contribution in [-0.4, -0.2) is 3.21 Å². The van der Waals surface area contributed by atoms with Crippen molar-refractivity contribution in [1.29, 1.82) is 0 Å². The van der Waals surface area contributed by atoms with Crippen molar-refractivity contribution in [2.24, 2.45) is 11.3 Å². The number of aryl methyl sites for hydroxylation is 5. The van der Waals surface area contributed by atoms with Gasteiger partial charge in [0, 0.05) is 0 Å². The first kappa shape index (κ1) is 36.7. The number of hydrogen-bond acceptors (Lipinski definition) is 0. The molecule has 222 valence electrons. The fourth-order valence-electron chi connectivity index (χ4n) is 6.03. The van der Waals surface area contributed by atoms with E-state index >= 15 is 0 Å². The van der Waals surface area contributed by atoms with Crippen LogP contribution in [0.3, 0.4) is 0 Å². The summed E-state index contributed by atoms with van der Waals surface area (Å²) in [6, 6.07) is 19.2. The third-order valence-electron chi connectivity index (χ3n) is 9.06. The van der Waals surface area contributed by atoms with Crippen LogP contribution in [0.15, 0.2) is 60.2 Å². The van der Waals surface area contributed by atoms with Crippen LogP contribution in [0.1, 0.15) is 97.4 Å². The van der Waals surface area contributed by atoms with Crippen LogP contribution in [0.4, 0.5) is 0 Å². The number of halogens is 2. The molecule has 0 amide bonds. The van der Waals surface area contributed by atoms with Crippen molar-refractivity contribution in [3.05, 3.63) is 117 Å². The minimum Gasteiger partial charge on any atom is -1.00 e. The van der Waals surface area contributed by atoms with E-state index in [1.807, 2.05) is 0 Å². The van der Waals surface area contributed by atoms with Crippen molar-refractivity contribution in [1.82, 2.24) is 0 Å². The molecule has 0 nitrogen and oxygen atoms in total. The maximum absolute atomic E-state index is 3.54. The maximum atomic E-state index is 3.54. The van der Waals surface area contributed by atoms with Gasteiger partial charge in [0.1, 0.15) is 0 Å². The van der Waals surface area contributed by atoms with E-state index in [4.69, 9.17) is 0 Å². The molecule has 0 radical (unpaired) electrons. The van der Waals surface area contributed by atoms with Crippen molar-refractivity contribution >= 4 is 3.21 Å². The summed E-state index contributed by atoms with van der Waals surface area (Å²) >= 11 is 1.51. The molecular weight excluding hydrogens is 631 g/mol. The SMILES string of the molecule is CC1[C-]=CC(C2(C)CCCCC2)=C1.C[C](=[Zr+2])c1ccc(C)cc1.Cc1[c-]c2c(cc1C)-c1cc(C)c(C)cc1C2.[Cl-].[Cl-]. The van der Waals surface area contributed by atoms with Crippen LogP contribution in [0.2, 0.25) is 0 Å². The second kappa shape index (κ2) is 16.0. The van der Waals surface area contributed by atoms with Gasteiger partial charge in [-0.1, -0.05) is 88.8 Å². The van der Waals surface area contributed by atoms with Crippen molar-refractivity contribution in [3.63, 3.8) is 0 Å². The molecular formula is C39H46Cl2Zr-2. The van der Waals surface area contributed by atoms with Crippen LogP contribution in [-0.2, 0) is 30.7 Å². The molecule has 3 aliphatic carbocycles. The van der Waals surface area contributed by atoms with Gasteiger partial charge in [-0.2, -0.15) is 34.9 Å². The summed E-state index contributed by atoms with van der Waals surface area (Å²) in [5.74, 6) is 0.550. The largest absolute Gasteiger partial charge is 1.00 e. The Morgan fingerprint density at radius 2 is 1.43 bits per heavy atom. The number of benzene rings is 3. The number of hydrogen-bond donors (Lipinski definition) is 0. The van der Waals surface area contributed by atoms with E-state index in [-0.39, 0.29) is 24.8 Å². The third-order valence-corrected chi connectivity index (χ3v) is 9.77. The van der Waals surface area contributed by atoms with E-state index in [1.165, 1.54) is 115 Å². The van der Waals surface area contributed by atoms with Gasteiger partial charge in [-0.15, -0.1) is 11.1 Å². The molecule has 3 aromatic rings. The molecule has 0 aliphatic heterocycles. The number of fused-ring (bicyclic) bond motifs is 3. The zero-order valence-electron chi connectivity index (χ0n) is 26.8. The second-order valence-electron chi connectivity index (χ2n) is 12.6. The van der Waals surface area contributed by atoms with Crippen LogP contribution in [0.25, 0.3) is 11.1 Å². The average Bonchev–Trinajstić information content (AvgIpc) is 3.50. The summed E-state index contributed by atoms with van der Waals surface area (Å²) in [5.41, 5.74) is 15.8. The van der Waals surface area contributed by atoms with Crippen LogP contribution >= 0.6 is 0 Å². The molecule has 0 saturated heterocycles. The number of rotatable bonds is 2. The van der Waals surface area contributed by atoms with Crippen molar-refractivity contribution in [2.75, 3.05) is 0 Å². The second-order valence-corrected chi connectivity index (χ2v) is 14.4. The van der Waals surface area contributed by atoms with E-state index in [2.05, 4.69) is 122 Å². The summed E-state index contributed by atoms with van der Waals surface area (Å²) in [6.45, 7) is 17.6. The number of allylic oxidation sites excluding steroid dienone is 4. The summed E-state index contributed by atoms with van der Waals surface area (Å²) < 4.78 is 1.46. The van der Waals surface area contributed by atoms with E-state index in [1.54, 1.807) is 5.57 Å². The van der Waals surface area contributed by atoms with Gasteiger partial charge in [0.2, 0.25) is 0 Å². The zero-order valence-corrected chi connectivity index (χ0v) is 30.7. The van der Waals surface area contributed by atoms with Crippen molar-refractivity contribution in [3.8, 4) is 11.1 Å². The van der Waals surface area contributed by atoms with Gasteiger partial charge in [0.25, 0.3) is 0 Å². The molecule has 0 heterocycles. The fraction of sp³-hybridized carbons (Fsp3) is 0.410. The Hall–Kier alpha value is -1.53. The average molecular weight is 677 g/mol. The molecule has 0 N–H and O–H groups in total. The molecule has 3 aliphatic rings. The predicted octanol–water partition coefficient (Wildman–Crippen LogP) is 4.27. The van der Waals surface area contributed by atoms with Gasteiger partial charge in [-0.05, 0) is 37.0 Å². The zero-order chi connectivity index (χ0) is 29.0. The Balaban J connectivity index is 0.000000223. The first-order valence-electron chi connectivity index (χ1n) is 15.0. The molecule has 42 heavy (non-hydrogen) atoms. The van der Waals surface area contributed by atoms with Crippen molar-refractivity contribution < 1.29 is 49.0 Å². The van der Waals surface area contributed by atoms with Crippen LogP contribution in [0.5, 0.6) is 0 Å². The summed E-state index contributed by atoms with van der Waals surface area (Å²) in [4.78, 5) is 0. The van der Waals surface area contributed by atoms with E-state index in [0.717, 1.165) is 6.42 Å². The third kappa shape index (κ3) is 9.00. The first-order chi connectivity index (χ1) is 19.0. The summed E-state index contributed by atoms with van der Waals surface area (Å²) in [5, 5.41) is 0. The molecule has 3 aromatic carbocycles. The van der Waals surface area contributed by atoms with Gasteiger partial charge >= 0.3 is 76.7 Å². The Bertz CT molecular complexity index is 1380. The molecule has 1 fully saturated rings. The fourth-order valence-corrected chi connectivity index (χ4v) is 6.44. The monoisotopic (exact) mass is 674 g/mol. The first-order valence-corrected chi connectivity index (χ1v) is 16.3. The Morgan fingerprint density at radius 3 is 2.00 bits per heavy atom. The Kier molecular flexibility index (Phi) is 13.9. The van der Waals surface area contributed by atoms with Crippen molar-refractivity contribution in [2.45, 2.75) is 93.9 Å². The van der Waals surface area contributed by atoms with Gasteiger partial charge < -0.3 is 24.8 Å². The van der Waals surface area contributed by atoms with Gasteiger partial charge in [-0.25, -0.2) is 6.08 Å². The maximum Gasteiger partial charge on any atom is -0.0253 e. The Morgan fingerprint density at radius 1 is 0.833 bits per heavy atom. The van der Waals surface area contributed by atoms with E-state index in [9.17, 15) is 0 Å². The molecule has 1 saturated carbocycles. The van der Waals surface area contributed by atoms with Gasteiger partial charge in [0.15, 0.2) is 0 Å². The van der Waals surface area contributed by atoms with Crippen LogP contribution < -0.4 is 24.8 Å². The summed E-state index contributed by atoms with van der Waals surface area (Å²) in [7, 11) is 0. The smallest absolute Gasteiger partial charge is 0.0253 e. The molecule has 3 heteroatoms. The minimum atomic E-state index is 0. The van der Waals surface area contributed by atoms with Crippen LogP contribution in [0, 0.1) is 58.1 Å². The Labute approximate surface area is 283 Å². The minimum absolute atomic E-state index is 0. The van der Waals surface area contributed by atoms with Gasteiger partial charge in [0.05, 0.1) is 0 Å². The topological polar surface area (TPSA) is 0 Å². The normalized spacial score (nSPS) is 17.2. The predicted molar refractivity (Wildman–Crippen MR) is 170 cm³/mol. The summed E-state index contributed by atoms with van der Waals surface area (Å²) in [6.07, 6.45) is 16.1. The van der Waals surface area contributed by atoms with E-state index < -0.39 is 0 Å².